The molecule has 0 atom stereocenters. The molecule has 64 heavy (non-hydrogen) atoms. The van der Waals surface area contributed by atoms with Crippen LogP contribution in [0.25, 0.3) is 0 Å². The van der Waals surface area contributed by atoms with Crippen LogP contribution in [-0.2, 0) is 35.8 Å². The van der Waals surface area contributed by atoms with Gasteiger partial charge in [-0.1, -0.05) is 104 Å². The van der Waals surface area contributed by atoms with E-state index in [2.05, 4.69) is 116 Å². The summed E-state index contributed by atoms with van der Waals surface area (Å²) in [5, 5.41) is 0. The zero-order valence-electron chi connectivity index (χ0n) is 43.1. The Kier molecular flexibility index (Phi) is 22.4. The molecule has 4 bridgehead atoms. The summed E-state index contributed by atoms with van der Waals surface area (Å²) >= 11 is -0.629. The predicted octanol–water partition coefficient (Wildman–Crippen LogP) is 14.8. The largest absolute Gasteiger partial charge is 0.665 e. The first-order valence-corrected chi connectivity index (χ1v) is 27.8. The van der Waals surface area contributed by atoms with Gasteiger partial charge in [-0.25, -0.2) is 0 Å². The molecule has 350 valence electrons. The number of hydrogen-bond donors (Lipinski definition) is 0. The van der Waals surface area contributed by atoms with Crippen LogP contribution in [0.15, 0.2) is 73.7 Å². The van der Waals surface area contributed by atoms with Gasteiger partial charge in [-0.3, -0.25) is 0 Å². The maximum atomic E-state index is 5.28. The molecule has 1 aromatic carbocycles. The van der Waals surface area contributed by atoms with Crippen LogP contribution >= 0.6 is 0 Å². The molecule has 0 N–H and O–H groups in total. The molecule has 4 fully saturated rings. The van der Waals surface area contributed by atoms with E-state index in [9.17, 15) is 0 Å². The van der Waals surface area contributed by atoms with E-state index in [1.54, 1.807) is 0 Å². The van der Waals surface area contributed by atoms with Crippen LogP contribution in [0.4, 0.5) is 5.69 Å². The summed E-state index contributed by atoms with van der Waals surface area (Å²) in [5.74, 6) is 4.23. The standard InChI is InChI=1S/C12H17N.C10H15N.4C6H8N.2C5H10.2Mo/c1-8(2)10-6-5-7-11(9(3)4)12(10)13;11-10-4-7-1-8(5-10)3-9(2-7)6-10;4*1-5-3-4-6(2)7-5;2*1-5(2,3)4;;/h5-9H,1-4H3;7-9H,1-6H2;4*3-4H,1-2H3;2*1H,2-4H3;;/q;;4*-1;;;2*+2. The maximum absolute atomic E-state index is 5.28. The van der Waals surface area contributed by atoms with Crippen LogP contribution < -0.4 is 19.9 Å². The number of hydrogen-bond acceptors (Lipinski definition) is 2. The molecular weight excluding hydrogens is 949 g/mol. The van der Waals surface area contributed by atoms with Crippen LogP contribution in [0.5, 0.6) is 0 Å². The van der Waals surface area contributed by atoms with E-state index < -0.39 is 17.9 Å². The fourth-order valence-corrected chi connectivity index (χ4v) is 12.4. The van der Waals surface area contributed by atoms with Crippen LogP contribution in [0.3, 0.4) is 0 Å². The molecule has 0 amide bonds. The number of rotatable bonds is 4. The van der Waals surface area contributed by atoms with Crippen molar-refractivity contribution in [2.24, 2.45) is 35.6 Å². The predicted molar refractivity (Wildman–Crippen MR) is 268 cm³/mol. The number of aryl methyl sites for hydroxylation is 8. The van der Waals surface area contributed by atoms with Gasteiger partial charge in [0.15, 0.2) is 0 Å². The molecule has 0 unspecified atom stereocenters. The van der Waals surface area contributed by atoms with Gasteiger partial charge >= 0.3 is 240 Å². The van der Waals surface area contributed by atoms with E-state index in [-0.39, 0.29) is 23.3 Å². The van der Waals surface area contributed by atoms with Crippen molar-refractivity contribution >= 4 is 14.5 Å². The topological polar surface area (TPSA) is 81.1 Å². The SMILES string of the molecule is CC(C)(C)[CH]=[Mo+2]=[N]C12CC3CC(CC(C3)C1)C2.CC(C)c1cccc(C(C)C)c1[N]=[Mo+2]=[CH]C(C)(C)C.Cc1ccc(C)[n-]1.Cc1ccc(C)[n-]1.Cc1ccc(C)[n-]1.Cc1ccc(C)[n-]1. The second-order valence-corrected chi connectivity index (χ2v) is 24.6. The molecule has 4 saturated carbocycles. The van der Waals surface area contributed by atoms with E-state index >= 15 is 0 Å². The first kappa shape index (κ1) is 55.4. The molecule has 6 nitrogen and oxygen atoms in total. The molecule has 9 rings (SSSR count). The quantitative estimate of drug-likeness (QED) is 0.168. The molecule has 5 aromatic rings. The minimum absolute atomic E-state index is 0.214. The second-order valence-electron chi connectivity index (χ2n) is 21.5. The Balaban J connectivity index is 0.000000217. The number of aromatic nitrogens is 4. The Labute approximate surface area is 407 Å². The van der Waals surface area contributed by atoms with Crippen molar-refractivity contribution in [1.29, 1.82) is 0 Å². The first-order chi connectivity index (χ1) is 29.8. The van der Waals surface area contributed by atoms with Gasteiger partial charge in [0.05, 0.1) is 0 Å². The fraction of sp³-hybridized carbons (Fsp3) is 0.571. The molecule has 4 aliphatic carbocycles. The van der Waals surface area contributed by atoms with Crippen molar-refractivity contribution in [2.45, 2.75) is 181 Å². The van der Waals surface area contributed by atoms with Crippen molar-refractivity contribution in [2.75, 3.05) is 0 Å². The maximum Gasteiger partial charge on any atom is -0.0607 e. The molecule has 0 radical (unpaired) electrons. The van der Waals surface area contributed by atoms with Crippen molar-refractivity contribution in [3.05, 3.63) is 123 Å². The zero-order valence-corrected chi connectivity index (χ0v) is 47.1. The zero-order chi connectivity index (χ0) is 47.8. The van der Waals surface area contributed by atoms with Gasteiger partial charge < -0.3 is 19.9 Å². The van der Waals surface area contributed by atoms with E-state index in [0.717, 1.165) is 63.3 Å². The minimum atomic E-state index is -0.415. The summed E-state index contributed by atoms with van der Waals surface area (Å²) in [6, 6.07) is 22.7. The van der Waals surface area contributed by atoms with E-state index in [4.69, 9.17) is 6.99 Å². The van der Waals surface area contributed by atoms with Gasteiger partial charge in [0.2, 0.25) is 0 Å². The van der Waals surface area contributed by atoms with Gasteiger partial charge in [0, 0.05) is 0 Å². The second kappa shape index (κ2) is 25.8. The van der Waals surface area contributed by atoms with Crippen LogP contribution in [-0.4, -0.2) is 14.3 Å². The van der Waals surface area contributed by atoms with Crippen molar-refractivity contribution in [3.63, 3.8) is 0 Å². The van der Waals surface area contributed by atoms with Gasteiger partial charge in [-0.05, 0) is 0 Å². The smallest absolute Gasteiger partial charge is 0.0607 e. The monoisotopic (exact) mass is 1040 g/mol. The summed E-state index contributed by atoms with van der Waals surface area (Å²) in [4.78, 5) is 16.4. The summed E-state index contributed by atoms with van der Waals surface area (Å²) in [6.45, 7) is 38.7. The molecule has 4 aliphatic rings. The number of benzene rings is 1. The molecule has 0 spiro atoms. The Morgan fingerprint density at radius 1 is 0.484 bits per heavy atom. The average molecular weight is 1030 g/mol. The normalized spacial score (nSPS) is 19.1. The van der Waals surface area contributed by atoms with Gasteiger partial charge in [0.1, 0.15) is 0 Å². The molecule has 4 aromatic heterocycles. The van der Waals surface area contributed by atoms with Gasteiger partial charge in [0.25, 0.3) is 0 Å². The summed E-state index contributed by atoms with van der Waals surface area (Å²) < 4.78 is 15.2. The van der Waals surface area contributed by atoms with Crippen molar-refractivity contribution in [1.82, 2.24) is 19.9 Å². The third kappa shape index (κ3) is 21.1. The van der Waals surface area contributed by atoms with Crippen LogP contribution in [0, 0.1) is 84.0 Å². The fourth-order valence-electron chi connectivity index (χ4n) is 8.70. The van der Waals surface area contributed by atoms with Crippen molar-refractivity contribution in [3.8, 4) is 0 Å². The minimum Gasteiger partial charge on any atom is -0.665 e. The molecular formula is C56H84Mo2N6. The van der Waals surface area contributed by atoms with Gasteiger partial charge in [-0.2, -0.15) is 45.6 Å². The van der Waals surface area contributed by atoms with E-state index in [1.165, 1.54) is 55.3 Å². The van der Waals surface area contributed by atoms with Crippen LogP contribution in [0.1, 0.15) is 176 Å². The summed E-state index contributed by atoms with van der Waals surface area (Å²) in [7, 11) is 0. The van der Waals surface area contributed by atoms with Crippen molar-refractivity contribution < 1.29 is 35.8 Å². The Morgan fingerprint density at radius 2 is 0.766 bits per heavy atom. The third-order valence-corrected chi connectivity index (χ3v) is 17.1. The average Bonchev–Trinajstić information content (AvgIpc) is 3.96. The van der Waals surface area contributed by atoms with Crippen LogP contribution in [0.2, 0.25) is 0 Å². The Hall–Kier alpha value is -2.94. The first-order valence-electron chi connectivity index (χ1n) is 23.7. The number of nitrogens with zero attached hydrogens (tertiary/aromatic N) is 6. The molecule has 4 heterocycles. The van der Waals surface area contributed by atoms with E-state index in [0.29, 0.717) is 22.8 Å². The summed E-state index contributed by atoms with van der Waals surface area (Å²) in [6.07, 6.45) is 8.96. The Bertz CT molecular complexity index is 1980. The third-order valence-electron chi connectivity index (χ3n) is 11.2. The molecule has 0 aliphatic heterocycles. The van der Waals surface area contributed by atoms with E-state index in [1.807, 2.05) is 104 Å². The summed E-state index contributed by atoms with van der Waals surface area (Å²) in [5.41, 5.74) is 14.1. The van der Waals surface area contributed by atoms with Gasteiger partial charge in [-0.15, -0.1) is 0 Å². The molecule has 8 heteroatoms. The Morgan fingerprint density at radius 3 is 1.00 bits per heavy atom. The molecule has 0 saturated heterocycles.